The molecule has 0 aliphatic heterocycles. The van der Waals surface area contributed by atoms with E-state index in [4.69, 9.17) is 10.2 Å². The Hall–Kier alpha value is -0.280. The largest absolute Gasteiger partial charge is 0.452 e. The minimum atomic E-state index is -0.214. The Morgan fingerprint density at radius 1 is 1.36 bits per heavy atom. The lowest BCUT2D eigenvalue weighted by molar-refractivity contribution is 0.247. The van der Waals surface area contributed by atoms with E-state index < -0.39 is 0 Å². The fraction of sp³-hybridized carbons (Fsp3) is 0.636. The number of nitrogens with two attached hydrogens (primary N) is 1. The molecule has 2 N–H and O–H groups in total. The second-order valence-corrected chi connectivity index (χ2v) is 5.06. The Bertz CT molecular complexity index is 326. The highest BCUT2D eigenvalue weighted by atomic mass is 79.9. The van der Waals surface area contributed by atoms with E-state index in [0.29, 0.717) is 0 Å². The molecule has 1 aromatic heterocycles. The summed E-state index contributed by atoms with van der Waals surface area (Å²) in [4.78, 5) is 0. The summed E-state index contributed by atoms with van der Waals surface area (Å²) in [7, 11) is 0. The molecule has 78 valence electrons. The summed E-state index contributed by atoms with van der Waals surface area (Å²) in [5.41, 5.74) is 7.33. The lowest BCUT2D eigenvalue weighted by Gasteiger charge is -2.31. The molecule has 1 heterocycles. The van der Waals surface area contributed by atoms with Crippen LogP contribution in [0.15, 0.2) is 15.2 Å². The van der Waals surface area contributed by atoms with E-state index in [1.165, 1.54) is 24.8 Å². The highest BCUT2D eigenvalue weighted by Gasteiger charge is 2.34. The molecule has 1 aliphatic rings. The zero-order valence-electron chi connectivity index (χ0n) is 8.48. The van der Waals surface area contributed by atoms with Crippen LogP contribution < -0.4 is 5.73 Å². The van der Waals surface area contributed by atoms with Gasteiger partial charge in [0.1, 0.15) is 5.76 Å². The zero-order valence-corrected chi connectivity index (χ0v) is 10.1. The van der Waals surface area contributed by atoms with Gasteiger partial charge in [0.05, 0.1) is 5.54 Å². The van der Waals surface area contributed by atoms with Crippen LogP contribution in [0.4, 0.5) is 0 Å². The summed E-state index contributed by atoms with van der Waals surface area (Å²) in [6, 6.07) is 2.00. The van der Waals surface area contributed by atoms with Gasteiger partial charge in [0.25, 0.3) is 0 Å². The number of aryl methyl sites for hydroxylation is 1. The van der Waals surface area contributed by atoms with Crippen LogP contribution in [-0.2, 0) is 5.54 Å². The lowest BCUT2D eigenvalue weighted by atomic mass is 9.80. The Kier molecular flexibility index (Phi) is 2.71. The summed E-state index contributed by atoms with van der Waals surface area (Å²) in [5.74, 6) is 0.976. The van der Waals surface area contributed by atoms with Crippen molar-refractivity contribution < 1.29 is 4.42 Å². The van der Waals surface area contributed by atoms with Crippen molar-refractivity contribution in [2.45, 2.75) is 44.6 Å². The van der Waals surface area contributed by atoms with Crippen LogP contribution in [-0.4, -0.2) is 0 Å². The fourth-order valence-corrected chi connectivity index (χ4v) is 2.85. The van der Waals surface area contributed by atoms with Crippen molar-refractivity contribution >= 4 is 15.9 Å². The first-order valence-electron chi connectivity index (χ1n) is 5.17. The maximum Gasteiger partial charge on any atom is 0.169 e. The van der Waals surface area contributed by atoms with Gasteiger partial charge in [0, 0.05) is 0 Å². The van der Waals surface area contributed by atoms with Crippen LogP contribution in [0.1, 0.15) is 43.4 Å². The number of furan rings is 1. The molecule has 1 fully saturated rings. The van der Waals surface area contributed by atoms with Gasteiger partial charge in [-0.05, 0) is 47.3 Å². The molecule has 1 aliphatic carbocycles. The van der Waals surface area contributed by atoms with Crippen molar-refractivity contribution in [2.75, 3.05) is 0 Å². The van der Waals surface area contributed by atoms with Crippen LogP contribution in [0.5, 0.6) is 0 Å². The predicted molar refractivity (Wildman–Crippen MR) is 60.1 cm³/mol. The molecular weight excluding hydrogens is 242 g/mol. The molecule has 0 spiro atoms. The monoisotopic (exact) mass is 257 g/mol. The van der Waals surface area contributed by atoms with Gasteiger partial charge >= 0.3 is 0 Å². The van der Waals surface area contributed by atoms with E-state index in [1.54, 1.807) is 0 Å². The summed E-state index contributed by atoms with van der Waals surface area (Å²) in [5, 5.41) is 0. The zero-order chi connectivity index (χ0) is 10.2. The van der Waals surface area contributed by atoms with Crippen molar-refractivity contribution in [2.24, 2.45) is 5.73 Å². The first-order valence-corrected chi connectivity index (χ1v) is 5.96. The molecule has 0 atom stereocenters. The van der Waals surface area contributed by atoms with Crippen molar-refractivity contribution in [1.82, 2.24) is 0 Å². The Morgan fingerprint density at radius 3 is 2.50 bits per heavy atom. The highest BCUT2D eigenvalue weighted by Crippen LogP contribution is 2.38. The van der Waals surface area contributed by atoms with Crippen LogP contribution >= 0.6 is 15.9 Å². The summed E-state index contributed by atoms with van der Waals surface area (Å²) in [6.45, 7) is 2.06. The second-order valence-electron chi connectivity index (χ2n) is 4.28. The summed E-state index contributed by atoms with van der Waals surface area (Å²) >= 11 is 3.35. The minimum absolute atomic E-state index is 0.214. The number of hydrogen-bond donors (Lipinski definition) is 1. The molecule has 0 unspecified atom stereocenters. The number of hydrogen-bond acceptors (Lipinski definition) is 2. The minimum Gasteiger partial charge on any atom is -0.452 e. The van der Waals surface area contributed by atoms with Crippen LogP contribution in [0, 0.1) is 6.92 Å². The molecule has 1 aromatic rings. The van der Waals surface area contributed by atoms with E-state index in [9.17, 15) is 0 Å². The lowest BCUT2D eigenvalue weighted by Crippen LogP contribution is -2.38. The van der Waals surface area contributed by atoms with Crippen LogP contribution in [0.25, 0.3) is 0 Å². The SMILES string of the molecule is Cc1cc(Br)oc1C1(N)CCCCC1. The van der Waals surface area contributed by atoms with Gasteiger partial charge < -0.3 is 10.2 Å². The summed E-state index contributed by atoms with van der Waals surface area (Å²) in [6.07, 6.45) is 5.84. The maximum absolute atomic E-state index is 6.38. The molecule has 0 saturated heterocycles. The quantitative estimate of drug-likeness (QED) is 0.837. The third-order valence-electron chi connectivity index (χ3n) is 3.09. The average Bonchev–Trinajstić information content (AvgIpc) is 2.47. The van der Waals surface area contributed by atoms with Crippen molar-refractivity contribution in [3.63, 3.8) is 0 Å². The first kappa shape index (κ1) is 10.2. The van der Waals surface area contributed by atoms with Gasteiger partial charge in [-0.2, -0.15) is 0 Å². The predicted octanol–water partition coefficient (Wildman–Crippen LogP) is 3.47. The molecule has 2 nitrogen and oxygen atoms in total. The first-order chi connectivity index (χ1) is 6.62. The average molecular weight is 258 g/mol. The third kappa shape index (κ3) is 1.75. The Balaban J connectivity index is 2.32. The van der Waals surface area contributed by atoms with Gasteiger partial charge in [-0.15, -0.1) is 0 Å². The van der Waals surface area contributed by atoms with Gasteiger partial charge in [-0.1, -0.05) is 19.3 Å². The van der Waals surface area contributed by atoms with Crippen molar-refractivity contribution in [1.29, 1.82) is 0 Å². The van der Waals surface area contributed by atoms with E-state index in [-0.39, 0.29) is 5.54 Å². The van der Waals surface area contributed by atoms with Gasteiger partial charge in [0.2, 0.25) is 0 Å². The number of halogens is 1. The van der Waals surface area contributed by atoms with Crippen LogP contribution in [0.2, 0.25) is 0 Å². The van der Waals surface area contributed by atoms with Gasteiger partial charge in [-0.25, -0.2) is 0 Å². The standard InChI is InChI=1S/C11H16BrNO/c1-8-7-9(12)14-10(8)11(13)5-3-2-4-6-11/h7H,2-6,13H2,1H3. The Morgan fingerprint density at radius 2 is 2.00 bits per heavy atom. The smallest absolute Gasteiger partial charge is 0.169 e. The van der Waals surface area contributed by atoms with Crippen LogP contribution in [0.3, 0.4) is 0 Å². The number of rotatable bonds is 1. The molecule has 0 radical (unpaired) electrons. The van der Waals surface area contributed by atoms with E-state index in [2.05, 4.69) is 22.9 Å². The third-order valence-corrected chi connectivity index (χ3v) is 3.48. The maximum atomic E-state index is 6.38. The summed E-state index contributed by atoms with van der Waals surface area (Å²) < 4.78 is 6.44. The normalized spacial score (nSPS) is 21.1. The topological polar surface area (TPSA) is 39.2 Å². The molecule has 3 heteroatoms. The van der Waals surface area contributed by atoms with Crippen molar-refractivity contribution in [3.05, 3.63) is 22.1 Å². The molecule has 0 bridgehead atoms. The molecular formula is C11H16BrNO. The fourth-order valence-electron chi connectivity index (χ4n) is 2.35. The van der Waals surface area contributed by atoms with E-state index >= 15 is 0 Å². The van der Waals surface area contributed by atoms with E-state index in [1.807, 2.05) is 6.07 Å². The second kappa shape index (κ2) is 3.70. The van der Waals surface area contributed by atoms with Gasteiger partial charge in [0.15, 0.2) is 4.67 Å². The molecule has 1 saturated carbocycles. The Labute approximate surface area is 93.0 Å². The molecule has 2 rings (SSSR count). The molecule has 0 amide bonds. The highest BCUT2D eigenvalue weighted by molar-refractivity contribution is 9.10. The molecule has 0 aromatic carbocycles. The van der Waals surface area contributed by atoms with Gasteiger partial charge in [-0.3, -0.25) is 0 Å². The van der Waals surface area contributed by atoms with Crippen molar-refractivity contribution in [3.8, 4) is 0 Å². The molecule has 14 heavy (non-hydrogen) atoms. The van der Waals surface area contributed by atoms with E-state index in [0.717, 1.165) is 23.3 Å².